The molecule has 2 aromatic carbocycles. The minimum atomic E-state index is -3.46. The molecule has 0 spiro atoms. The van der Waals surface area contributed by atoms with Crippen LogP contribution in [0.2, 0.25) is 0 Å². The average Bonchev–Trinajstić information content (AvgIpc) is 2.84. The van der Waals surface area contributed by atoms with Crippen LogP contribution in [-0.4, -0.2) is 64.6 Å². The van der Waals surface area contributed by atoms with Crippen molar-refractivity contribution in [1.82, 2.24) is 9.62 Å². The summed E-state index contributed by atoms with van der Waals surface area (Å²) in [7, 11) is -3.46. The van der Waals surface area contributed by atoms with Crippen LogP contribution < -0.4 is 10.2 Å². The van der Waals surface area contributed by atoms with Crippen LogP contribution in [0.5, 0.6) is 0 Å². The molecule has 1 N–H and O–H groups in total. The molecule has 2 aliphatic rings. The lowest BCUT2D eigenvalue weighted by Crippen LogP contribution is -2.40. The van der Waals surface area contributed by atoms with Gasteiger partial charge in [-0.15, -0.1) is 0 Å². The maximum Gasteiger partial charge on any atom is 0.243 e. The number of ether oxygens (including phenoxy) is 1. The third-order valence-electron chi connectivity index (χ3n) is 6.22. The molecule has 1 amide bonds. The van der Waals surface area contributed by atoms with Crippen molar-refractivity contribution >= 4 is 21.6 Å². The summed E-state index contributed by atoms with van der Waals surface area (Å²) in [5.74, 6) is 0.530. The van der Waals surface area contributed by atoms with Crippen molar-refractivity contribution in [3.63, 3.8) is 0 Å². The quantitative estimate of drug-likeness (QED) is 0.690. The number of amides is 1. The van der Waals surface area contributed by atoms with Crippen LogP contribution >= 0.6 is 0 Å². The molecule has 0 bridgehead atoms. The number of carbonyl (C=O) groups is 1. The standard InChI is InChI=1S/C24H31N3O4S/c28-24(18-20-4-2-1-3-5-20)25-19-21-10-12-26(13-11-21)22-6-8-23(9-7-22)32(29,30)27-14-16-31-17-15-27/h1-9,21H,10-19H2,(H,25,28). The second kappa shape index (κ2) is 10.5. The molecular formula is C24H31N3O4S. The highest BCUT2D eigenvalue weighted by atomic mass is 32.2. The Morgan fingerprint density at radius 1 is 0.938 bits per heavy atom. The fraction of sp³-hybridized carbons (Fsp3) is 0.458. The lowest BCUT2D eigenvalue weighted by molar-refractivity contribution is -0.120. The van der Waals surface area contributed by atoms with Crippen LogP contribution in [0, 0.1) is 5.92 Å². The van der Waals surface area contributed by atoms with Gasteiger partial charge in [-0.2, -0.15) is 4.31 Å². The predicted octanol–water partition coefficient (Wildman–Crippen LogP) is 2.28. The van der Waals surface area contributed by atoms with Crippen molar-refractivity contribution in [2.45, 2.75) is 24.2 Å². The Balaban J connectivity index is 1.25. The predicted molar refractivity (Wildman–Crippen MR) is 124 cm³/mol. The summed E-state index contributed by atoms with van der Waals surface area (Å²) in [6, 6.07) is 17.0. The highest BCUT2D eigenvalue weighted by Gasteiger charge is 2.26. The van der Waals surface area contributed by atoms with Crippen LogP contribution in [0.25, 0.3) is 0 Å². The van der Waals surface area contributed by atoms with E-state index in [1.807, 2.05) is 42.5 Å². The highest BCUT2D eigenvalue weighted by molar-refractivity contribution is 7.89. The number of rotatable bonds is 7. The van der Waals surface area contributed by atoms with E-state index >= 15 is 0 Å². The smallest absolute Gasteiger partial charge is 0.243 e. The van der Waals surface area contributed by atoms with Crippen LogP contribution in [-0.2, 0) is 26.0 Å². The number of benzene rings is 2. The van der Waals surface area contributed by atoms with Crippen molar-refractivity contribution in [1.29, 1.82) is 0 Å². The molecule has 0 radical (unpaired) electrons. The normalized spacial score (nSPS) is 18.4. The first kappa shape index (κ1) is 22.8. The van der Waals surface area contributed by atoms with Crippen LogP contribution in [0.1, 0.15) is 18.4 Å². The summed E-state index contributed by atoms with van der Waals surface area (Å²) in [6.07, 6.45) is 2.41. The first-order chi connectivity index (χ1) is 15.5. The maximum atomic E-state index is 12.8. The van der Waals surface area contributed by atoms with Gasteiger partial charge in [0.25, 0.3) is 0 Å². The molecule has 8 heteroatoms. The van der Waals surface area contributed by atoms with Gasteiger partial charge < -0.3 is 15.0 Å². The molecule has 0 aromatic heterocycles. The van der Waals surface area contributed by atoms with E-state index in [9.17, 15) is 13.2 Å². The van der Waals surface area contributed by atoms with Crippen molar-refractivity contribution in [3.05, 3.63) is 60.2 Å². The van der Waals surface area contributed by atoms with Gasteiger partial charge >= 0.3 is 0 Å². The maximum absolute atomic E-state index is 12.8. The topological polar surface area (TPSA) is 79.0 Å². The molecule has 0 aliphatic carbocycles. The van der Waals surface area contributed by atoms with Crippen molar-refractivity contribution in [2.75, 3.05) is 50.8 Å². The molecule has 4 rings (SSSR count). The molecule has 7 nitrogen and oxygen atoms in total. The Kier molecular flexibility index (Phi) is 7.44. The first-order valence-corrected chi connectivity index (χ1v) is 12.7. The van der Waals surface area contributed by atoms with E-state index < -0.39 is 10.0 Å². The highest BCUT2D eigenvalue weighted by Crippen LogP contribution is 2.25. The van der Waals surface area contributed by atoms with Gasteiger partial charge in [0, 0.05) is 38.4 Å². The summed E-state index contributed by atoms with van der Waals surface area (Å²) in [6.45, 7) is 4.19. The van der Waals surface area contributed by atoms with Crippen molar-refractivity contribution in [3.8, 4) is 0 Å². The SMILES string of the molecule is O=C(Cc1ccccc1)NCC1CCN(c2ccc(S(=O)(=O)N3CCOCC3)cc2)CC1. The van der Waals surface area contributed by atoms with E-state index in [4.69, 9.17) is 4.74 Å². The van der Waals surface area contributed by atoms with Crippen LogP contribution in [0.3, 0.4) is 0 Å². The lowest BCUT2D eigenvalue weighted by atomic mass is 9.96. The second-order valence-corrected chi connectivity index (χ2v) is 10.3. The Hall–Kier alpha value is -2.42. The van der Waals surface area contributed by atoms with Crippen molar-refractivity contribution < 1.29 is 17.9 Å². The van der Waals surface area contributed by atoms with Gasteiger partial charge in [-0.05, 0) is 48.6 Å². The molecule has 2 fully saturated rings. The largest absolute Gasteiger partial charge is 0.379 e. The van der Waals surface area contributed by atoms with Gasteiger partial charge in [0.1, 0.15) is 0 Å². The molecule has 32 heavy (non-hydrogen) atoms. The third kappa shape index (κ3) is 5.68. The van der Waals surface area contributed by atoms with Gasteiger partial charge in [-0.1, -0.05) is 30.3 Å². The second-order valence-electron chi connectivity index (χ2n) is 8.41. The average molecular weight is 458 g/mol. The number of hydrogen-bond donors (Lipinski definition) is 1. The Morgan fingerprint density at radius 2 is 1.59 bits per heavy atom. The summed E-state index contributed by atoms with van der Waals surface area (Å²) >= 11 is 0. The summed E-state index contributed by atoms with van der Waals surface area (Å²) in [4.78, 5) is 14.8. The zero-order chi connectivity index (χ0) is 22.4. The fourth-order valence-corrected chi connectivity index (χ4v) is 5.67. The van der Waals surface area contributed by atoms with Gasteiger partial charge in [0.15, 0.2) is 0 Å². The van der Waals surface area contributed by atoms with Gasteiger partial charge in [-0.25, -0.2) is 8.42 Å². The van der Waals surface area contributed by atoms with Gasteiger partial charge in [-0.3, -0.25) is 4.79 Å². The van der Waals surface area contributed by atoms with Crippen molar-refractivity contribution in [2.24, 2.45) is 5.92 Å². The Labute approximate surface area is 190 Å². The summed E-state index contributed by atoms with van der Waals surface area (Å²) in [5.41, 5.74) is 2.07. The Bertz CT molecular complexity index is 982. The first-order valence-electron chi connectivity index (χ1n) is 11.3. The minimum absolute atomic E-state index is 0.0655. The number of anilines is 1. The molecule has 0 unspecified atom stereocenters. The molecule has 2 heterocycles. The number of sulfonamides is 1. The third-order valence-corrected chi connectivity index (χ3v) is 8.13. The zero-order valence-electron chi connectivity index (χ0n) is 18.3. The zero-order valence-corrected chi connectivity index (χ0v) is 19.1. The fourth-order valence-electron chi connectivity index (χ4n) is 4.26. The number of hydrogen-bond acceptors (Lipinski definition) is 5. The minimum Gasteiger partial charge on any atom is -0.379 e. The number of carbonyl (C=O) groups excluding carboxylic acids is 1. The van der Waals surface area contributed by atoms with E-state index in [1.54, 1.807) is 12.1 Å². The van der Waals surface area contributed by atoms with E-state index in [2.05, 4.69) is 10.2 Å². The van der Waals surface area contributed by atoms with Gasteiger partial charge in [0.2, 0.25) is 15.9 Å². The molecule has 2 aliphatic heterocycles. The lowest BCUT2D eigenvalue weighted by Gasteiger charge is -2.34. The molecule has 172 valence electrons. The number of nitrogens with zero attached hydrogens (tertiary/aromatic N) is 2. The van der Waals surface area contributed by atoms with E-state index in [1.165, 1.54) is 4.31 Å². The summed E-state index contributed by atoms with van der Waals surface area (Å²) in [5, 5.41) is 3.07. The number of nitrogens with one attached hydrogen (secondary N) is 1. The summed E-state index contributed by atoms with van der Waals surface area (Å²) < 4.78 is 32.3. The number of morpholine rings is 1. The van der Waals surface area contributed by atoms with Gasteiger partial charge in [0.05, 0.1) is 24.5 Å². The molecule has 2 saturated heterocycles. The van der Waals surface area contributed by atoms with Crippen LogP contribution in [0.15, 0.2) is 59.5 Å². The Morgan fingerprint density at radius 3 is 2.25 bits per heavy atom. The molecular weight excluding hydrogens is 426 g/mol. The van der Waals surface area contributed by atoms with E-state index in [-0.39, 0.29) is 5.91 Å². The number of piperidine rings is 1. The van der Waals surface area contributed by atoms with E-state index in [0.717, 1.165) is 37.2 Å². The van der Waals surface area contributed by atoms with E-state index in [0.29, 0.717) is 50.1 Å². The molecule has 0 atom stereocenters. The molecule has 2 aromatic rings. The van der Waals surface area contributed by atoms with Crippen LogP contribution in [0.4, 0.5) is 5.69 Å². The monoisotopic (exact) mass is 457 g/mol. The molecule has 0 saturated carbocycles.